The van der Waals surface area contributed by atoms with Gasteiger partial charge in [-0.2, -0.15) is 0 Å². The number of anilines is 1. The maximum atomic E-state index is 10.2. The van der Waals surface area contributed by atoms with E-state index >= 15 is 0 Å². The predicted octanol–water partition coefficient (Wildman–Crippen LogP) is -3.66. The molecule has 1 rings (SSSR count). The van der Waals surface area contributed by atoms with Crippen molar-refractivity contribution in [3.63, 3.8) is 0 Å². The third-order valence-corrected chi connectivity index (χ3v) is 1.24. The fraction of sp³-hybridized carbons (Fsp3) is 0. The molecule has 0 fully saturated rings. The van der Waals surface area contributed by atoms with Crippen molar-refractivity contribution < 1.29 is 33.9 Å². The molecule has 5 heteroatoms. The molecular weight excluding hydrogens is 153 g/mol. The minimum atomic E-state index is -1.41. The molecule has 0 saturated heterocycles. The average Bonchev–Trinajstić information content (AvgIpc) is 1.85. The Morgan fingerprint density at radius 2 is 2.08 bits per heavy atom. The molecule has 3 N–H and O–H groups in total. The van der Waals surface area contributed by atoms with Crippen molar-refractivity contribution >= 4 is 11.7 Å². The molecule has 0 aliphatic carbocycles. The molecule has 1 aromatic carbocycles. The van der Waals surface area contributed by atoms with Gasteiger partial charge in [0.15, 0.2) is 0 Å². The topological polar surface area (TPSA) is 86.4 Å². The number of carbonyl (C=O) groups excluding carboxylic acids is 1. The molecule has 1 aromatic rings. The second kappa shape index (κ2) is 4.05. The molecule has 0 radical (unpaired) electrons. The molecular formula is C7H6LiNO3. The Kier molecular flexibility index (Phi) is 3.67. The second-order valence-corrected chi connectivity index (χ2v) is 2.06. The number of benzene rings is 1. The minimum absolute atomic E-state index is 0. The first-order valence-corrected chi connectivity index (χ1v) is 2.91. The molecule has 0 bridgehead atoms. The van der Waals surface area contributed by atoms with Crippen molar-refractivity contribution in [2.45, 2.75) is 0 Å². The van der Waals surface area contributed by atoms with E-state index in [1.165, 1.54) is 12.1 Å². The Bertz CT molecular complexity index is 301. The second-order valence-electron chi connectivity index (χ2n) is 2.06. The van der Waals surface area contributed by atoms with E-state index in [9.17, 15) is 9.90 Å². The summed E-state index contributed by atoms with van der Waals surface area (Å²) >= 11 is 0. The smallest absolute Gasteiger partial charge is 0.545 e. The molecule has 12 heavy (non-hydrogen) atoms. The molecule has 0 saturated carbocycles. The number of hydrogen-bond donors (Lipinski definition) is 2. The van der Waals surface area contributed by atoms with Crippen LogP contribution in [0.25, 0.3) is 0 Å². The van der Waals surface area contributed by atoms with Gasteiger partial charge in [0.05, 0.1) is 5.97 Å². The summed E-state index contributed by atoms with van der Waals surface area (Å²) < 4.78 is 0. The van der Waals surface area contributed by atoms with Gasteiger partial charge < -0.3 is 20.7 Å². The van der Waals surface area contributed by atoms with Crippen LogP contribution in [0.1, 0.15) is 10.4 Å². The molecule has 0 aliphatic heterocycles. The van der Waals surface area contributed by atoms with Crippen LogP contribution in [0.2, 0.25) is 0 Å². The summed E-state index contributed by atoms with van der Waals surface area (Å²) in [6, 6.07) is 3.73. The third kappa shape index (κ3) is 2.19. The van der Waals surface area contributed by atoms with Crippen molar-refractivity contribution in [2.24, 2.45) is 0 Å². The number of carbonyl (C=O) groups is 1. The van der Waals surface area contributed by atoms with Crippen LogP contribution in [0.5, 0.6) is 5.75 Å². The minimum Gasteiger partial charge on any atom is -0.545 e. The van der Waals surface area contributed by atoms with Crippen LogP contribution < -0.4 is 29.7 Å². The van der Waals surface area contributed by atoms with E-state index in [-0.39, 0.29) is 30.2 Å². The van der Waals surface area contributed by atoms with Gasteiger partial charge in [-0.15, -0.1) is 0 Å². The fourth-order valence-corrected chi connectivity index (χ4v) is 0.721. The van der Waals surface area contributed by atoms with Gasteiger partial charge in [0, 0.05) is 17.3 Å². The number of carboxylic acids is 1. The van der Waals surface area contributed by atoms with E-state index in [0.717, 1.165) is 6.07 Å². The van der Waals surface area contributed by atoms with Crippen molar-refractivity contribution in [3.05, 3.63) is 23.8 Å². The number of aromatic carboxylic acids is 1. The number of carboxylic acid groups (broad SMARTS) is 1. The van der Waals surface area contributed by atoms with Crippen molar-refractivity contribution in [1.29, 1.82) is 0 Å². The Balaban J connectivity index is 0.00000121. The van der Waals surface area contributed by atoms with Crippen LogP contribution in [0, 0.1) is 0 Å². The van der Waals surface area contributed by atoms with Crippen LogP contribution in [-0.2, 0) is 0 Å². The van der Waals surface area contributed by atoms with Gasteiger partial charge in [-0.05, 0) is 12.1 Å². The fourth-order valence-electron chi connectivity index (χ4n) is 0.721. The summed E-state index contributed by atoms with van der Waals surface area (Å²) in [7, 11) is 0. The van der Waals surface area contributed by atoms with Crippen LogP contribution in [0.15, 0.2) is 18.2 Å². The number of phenols is 1. The van der Waals surface area contributed by atoms with Gasteiger partial charge in [0.1, 0.15) is 5.75 Å². The number of nitrogen functional groups attached to an aromatic ring is 1. The molecule has 0 amide bonds. The molecule has 0 spiro atoms. The largest absolute Gasteiger partial charge is 1.00 e. The van der Waals surface area contributed by atoms with Crippen LogP contribution in [0.4, 0.5) is 5.69 Å². The zero-order chi connectivity index (χ0) is 8.43. The van der Waals surface area contributed by atoms with Crippen LogP contribution >= 0.6 is 0 Å². The SMILES string of the molecule is Nc1ccc(C(=O)[O-])c(O)c1.[Li+]. The van der Waals surface area contributed by atoms with Gasteiger partial charge in [-0.25, -0.2) is 0 Å². The molecule has 58 valence electrons. The van der Waals surface area contributed by atoms with E-state index in [2.05, 4.69) is 0 Å². The third-order valence-electron chi connectivity index (χ3n) is 1.24. The maximum Gasteiger partial charge on any atom is 1.00 e. The first kappa shape index (κ1) is 10.9. The Hall–Kier alpha value is -1.11. The average molecular weight is 159 g/mol. The number of aromatic hydroxyl groups is 1. The summed E-state index contributed by atoms with van der Waals surface area (Å²) in [4.78, 5) is 10.2. The molecule has 4 nitrogen and oxygen atoms in total. The molecule has 0 aliphatic rings. The van der Waals surface area contributed by atoms with Gasteiger partial charge in [0.2, 0.25) is 0 Å². The molecule has 0 aromatic heterocycles. The Morgan fingerprint density at radius 1 is 1.50 bits per heavy atom. The molecule has 0 heterocycles. The van der Waals surface area contributed by atoms with E-state index in [1.54, 1.807) is 0 Å². The Morgan fingerprint density at radius 3 is 2.50 bits per heavy atom. The van der Waals surface area contributed by atoms with Crippen LogP contribution in [-0.4, -0.2) is 11.1 Å². The molecule has 0 atom stereocenters. The first-order valence-electron chi connectivity index (χ1n) is 2.91. The Labute approximate surface area is 81.2 Å². The van der Waals surface area contributed by atoms with E-state index in [4.69, 9.17) is 10.8 Å². The van der Waals surface area contributed by atoms with E-state index < -0.39 is 5.97 Å². The quantitative estimate of drug-likeness (QED) is 0.326. The van der Waals surface area contributed by atoms with Gasteiger partial charge in [0.25, 0.3) is 0 Å². The number of hydrogen-bond acceptors (Lipinski definition) is 4. The molecule has 0 unspecified atom stereocenters. The summed E-state index contributed by atoms with van der Waals surface area (Å²) in [5.41, 5.74) is 5.32. The standard InChI is InChI=1S/C7H7NO3.Li/c8-4-1-2-5(7(10)11)6(9)3-4;/h1-3,9H,8H2,(H,10,11);/q;+1/p-1. The van der Waals surface area contributed by atoms with Crippen molar-refractivity contribution in [2.75, 3.05) is 5.73 Å². The van der Waals surface area contributed by atoms with Crippen molar-refractivity contribution in [1.82, 2.24) is 0 Å². The predicted molar refractivity (Wildman–Crippen MR) is 36.8 cm³/mol. The number of nitrogens with two attached hydrogens (primary N) is 1. The summed E-state index contributed by atoms with van der Waals surface area (Å²) in [5.74, 6) is -1.78. The van der Waals surface area contributed by atoms with Crippen LogP contribution in [0.3, 0.4) is 0 Å². The zero-order valence-electron chi connectivity index (χ0n) is 6.57. The monoisotopic (exact) mass is 159 g/mol. The van der Waals surface area contributed by atoms with Gasteiger partial charge in [-0.3, -0.25) is 0 Å². The summed E-state index contributed by atoms with van der Waals surface area (Å²) in [5, 5.41) is 19.2. The maximum absolute atomic E-state index is 10.2. The van der Waals surface area contributed by atoms with Crippen molar-refractivity contribution in [3.8, 4) is 5.75 Å². The number of rotatable bonds is 1. The normalized spacial score (nSPS) is 8.67. The van der Waals surface area contributed by atoms with Gasteiger partial charge in [-0.1, -0.05) is 0 Å². The van der Waals surface area contributed by atoms with Gasteiger partial charge >= 0.3 is 18.9 Å². The summed E-state index contributed by atoms with van der Waals surface area (Å²) in [6.45, 7) is 0. The first-order chi connectivity index (χ1) is 5.11. The zero-order valence-corrected chi connectivity index (χ0v) is 6.57. The van der Waals surface area contributed by atoms with E-state index in [1.807, 2.05) is 0 Å². The van der Waals surface area contributed by atoms with E-state index in [0.29, 0.717) is 5.69 Å². The summed E-state index contributed by atoms with van der Waals surface area (Å²) in [6.07, 6.45) is 0.